The summed E-state index contributed by atoms with van der Waals surface area (Å²) in [4.78, 5) is -0.256. The Labute approximate surface area is 196 Å². The number of nitrogens with zero attached hydrogens (tertiary/aromatic N) is 2. The van der Waals surface area contributed by atoms with Gasteiger partial charge in [0.1, 0.15) is 11.6 Å². The molecule has 34 heavy (non-hydrogen) atoms. The van der Waals surface area contributed by atoms with Crippen molar-refractivity contribution in [1.29, 1.82) is 0 Å². The third-order valence-electron chi connectivity index (χ3n) is 5.34. The first-order chi connectivity index (χ1) is 16.1. The Morgan fingerprint density at radius 2 is 1.62 bits per heavy atom. The molecule has 1 aliphatic heterocycles. The van der Waals surface area contributed by atoms with Gasteiger partial charge in [-0.3, -0.25) is 4.72 Å². The van der Waals surface area contributed by atoms with E-state index in [0.29, 0.717) is 22.5 Å². The molecule has 3 aromatic carbocycles. The second-order valence-corrected chi connectivity index (χ2v) is 11.4. The smallest absolute Gasteiger partial charge is 0.279 e. The van der Waals surface area contributed by atoms with Crippen molar-refractivity contribution in [2.45, 2.75) is 24.3 Å². The van der Waals surface area contributed by atoms with E-state index in [-0.39, 0.29) is 17.1 Å². The van der Waals surface area contributed by atoms with Crippen LogP contribution in [0.3, 0.4) is 0 Å². The number of hydrogen-bond donors (Lipinski definition) is 1. The zero-order valence-electron chi connectivity index (χ0n) is 18.0. The molecule has 4 rings (SSSR count). The third kappa shape index (κ3) is 4.95. The number of anilines is 1. The van der Waals surface area contributed by atoms with Crippen LogP contribution >= 0.6 is 0 Å². The van der Waals surface area contributed by atoms with Crippen molar-refractivity contribution in [3.8, 4) is 0 Å². The molecule has 11 heteroatoms. The minimum atomic E-state index is -4.22. The molecule has 0 amide bonds. The molecule has 0 spiro atoms. The van der Waals surface area contributed by atoms with Gasteiger partial charge in [-0.15, -0.1) is 0 Å². The molecule has 0 aliphatic carbocycles. The predicted molar refractivity (Wildman–Crippen MR) is 125 cm³/mol. The largest absolute Gasteiger partial charge is 0.284 e. The molecule has 0 saturated carbocycles. The highest BCUT2D eigenvalue weighted by Gasteiger charge is 2.38. The molecule has 1 N–H and O–H groups in total. The Hall–Kier alpha value is -3.31. The quantitative estimate of drug-likeness (QED) is 0.519. The summed E-state index contributed by atoms with van der Waals surface area (Å²) in [6.07, 6.45) is 0.181. The lowest BCUT2D eigenvalue weighted by Gasteiger charge is -2.23. The number of hydrogen-bond acceptors (Lipinski definition) is 5. The molecule has 0 saturated heterocycles. The summed E-state index contributed by atoms with van der Waals surface area (Å²) < 4.78 is 80.9. The van der Waals surface area contributed by atoms with Gasteiger partial charge in [0.25, 0.3) is 10.0 Å². The van der Waals surface area contributed by atoms with Crippen LogP contribution in [-0.4, -0.2) is 32.7 Å². The highest BCUT2D eigenvalue weighted by Crippen LogP contribution is 2.37. The van der Waals surface area contributed by atoms with E-state index in [4.69, 9.17) is 0 Å². The maximum Gasteiger partial charge on any atom is 0.279 e. The van der Waals surface area contributed by atoms with Crippen LogP contribution in [0.1, 0.15) is 30.5 Å². The van der Waals surface area contributed by atoms with E-state index < -0.39 is 37.7 Å². The lowest BCUT2D eigenvalue weighted by molar-refractivity contribution is 0.371. The van der Waals surface area contributed by atoms with Gasteiger partial charge in [-0.1, -0.05) is 30.3 Å². The predicted octanol–water partition coefficient (Wildman–Crippen LogP) is 4.27. The molecule has 0 unspecified atom stereocenters. The number of benzene rings is 3. The van der Waals surface area contributed by atoms with E-state index in [9.17, 15) is 25.6 Å². The number of halogens is 2. The Bertz CT molecular complexity index is 1440. The minimum absolute atomic E-state index is 0.0757. The average Bonchev–Trinajstić information content (AvgIpc) is 3.26. The van der Waals surface area contributed by atoms with E-state index in [1.54, 1.807) is 24.3 Å². The zero-order valence-corrected chi connectivity index (χ0v) is 19.7. The molecule has 0 radical (unpaired) electrons. The molecular formula is C23H21F2N3O4S2. The average molecular weight is 506 g/mol. The van der Waals surface area contributed by atoms with Crippen molar-refractivity contribution in [1.82, 2.24) is 4.41 Å². The van der Waals surface area contributed by atoms with E-state index in [1.165, 1.54) is 43.3 Å². The third-order valence-corrected chi connectivity index (χ3v) is 8.32. The van der Waals surface area contributed by atoms with Gasteiger partial charge in [-0.05, 0) is 60.5 Å². The van der Waals surface area contributed by atoms with E-state index in [0.717, 1.165) is 16.5 Å². The monoisotopic (exact) mass is 505 g/mol. The van der Waals surface area contributed by atoms with Gasteiger partial charge in [0.05, 0.1) is 22.4 Å². The van der Waals surface area contributed by atoms with Crippen molar-refractivity contribution in [3.63, 3.8) is 0 Å². The summed E-state index contributed by atoms with van der Waals surface area (Å²) in [5.74, 6) is -1.24. The maximum atomic E-state index is 13.8. The fourth-order valence-electron chi connectivity index (χ4n) is 3.54. The summed E-state index contributed by atoms with van der Waals surface area (Å²) in [5.41, 5.74) is 1.90. The summed E-state index contributed by atoms with van der Waals surface area (Å²) in [5, 5.41) is 4.34. The SMILES string of the molecule is CCS(=O)(=O)Nc1ccc(C2=NN(S(=O)(=O)c3cccc(F)c3)[C@@H](c3ccc(F)cc3)C2)cc1. The molecule has 0 fully saturated rings. The summed E-state index contributed by atoms with van der Waals surface area (Å²) in [6.45, 7) is 1.52. The van der Waals surface area contributed by atoms with Crippen LogP contribution in [0.15, 0.2) is 82.8 Å². The molecule has 0 bridgehead atoms. The molecule has 1 atom stereocenters. The number of sulfonamides is 2. The Balaban J connectivity index is 1.72. The summed E-state index contributed by atoms with van der Waals surface area (Å²) in [6, 6.07) is 15.7. The first-order valence-electron chi connectivity index (χ1n) is 10.3. The van der Waals surface area contributed by atoms with E-state index in [2.05, 4.69) is 9.82 Å². The second-order valence-electron chi connectivity index (χ2n) is 7.64. The maximum absolute atomic E-state index is 13.8. The van der Waals surface area contributed by atoms with Crippen LogP contribution in [0.4, 0.5) is 14.5 Å². The van der Waals surface area contributed by atoms with Crippen LogP contribution in [0.2, 0.25) is 0 Å². The van der Waals surface area contributed by atoms with Crippen molar-refractivity contribution < 1.29 is 25.6 Å². The van der Waals surface area contributed by atoms with Gasteiger partial charge >= 0.3 is 0 Å². The van der Waals surface area contributed by atoms with Crippen molar-refractivity contribution in [3.05, 3.63) is 95.6 Å². The summed E-state index contributed by atoms with van der Waals surface area (Å²) in [7, 11) is -7.67. The molecule has 178 valence electrons. The fourth-order valence-corrected chi connectivity index (χ4v) is 5.64. The molecular weight excluding hydrogens is 484 g/mol. The van der Waals surface area contributed by atoms with Crippen LogP contribution < -0.4 is 4.72 Å². The topological polar surface area (TPSA) is 95.9 Å². The molecule has 7 nitrogen and oxygen atoms in total. The highest BCUT2D eigenvalue weighted by molar-refractivity contribution is 7.92. The molecule has 3 aromatic rings. The van der Waals surface area contributed by atoms with E-state index >= 15 is 0 Å². The standard InChI is InChI=1S/C23H21F2N3O4S2/c1-2-33(29,30)27-20-12-8-16(9-13-20)22-15-23(17-6-10-18(24)11-7-17)28(26-22)34(31,32)21-5-3-4-19(25)14-21/h3-14,23,27H,2,15H2,1H3/t23-/m1/s1. The van der Waals surface area contributed by atoms with Crippen LogP contribution in [0.25, 0.3) is 0 Å². The lowest BCUT2D eigenvalue weighted by Crippen LogP contribution is -2.27. The Morgan fingerprint density at radius 1 is 0.941 bits per heavy atom. The van der Waals surface area contributed by atoms with Crippen molar-refractivity contribution in [2.24, 2.45) is 5.10 Å². The number of hydrazone groups is 1. The second kappa shape index (κ2) is 9.15. The van der Waals surface area contributed by atoms with E-state index in [1.807, 2.05) is 0 Å². The van der Waals surface area contributed by atoms with Crippen LogP contribution in [-0.2, 0) is 20.0 Å². The summed E-state index contributed by atoms with van der Waals surface area (Å²) >= 11 is 0. The fraction of sp³-hybridized carbons (Fsp3) is 0.174. The van der Waals surface area contributed by atoms with Gasteiger partial charge in [0.2, 0.25) is 10.0 Å². The molecule has 1 aliphatic rings. The zero-order chi connectivity index (χ0) is 24.5. The number of rotatable bonds is 7. The van der Waals surface area contributed by atoms with Gasteiger partial charge in [-0.2, -0.15) is 17.9 Å². The first-order valence-corrected chi connectivity index (χ1v) is 13.4. The highest BCUT2D eigenvalue weighted by atomic mass is 32.2. The van der Waals surface area contributed by atoms with Crippen molar-refractivity contribution in [2.75, 3.05) is 10.5 Å². The van der Waals surface area contributed by atoms with Crippen LogP contribution in [0.5, 0.6) is 0 Å². The van der Waals surface area contributed by atoms with Crippen molar-refractivity contribution >= 4 is 31.4 Å². The first kappa shape index (κ1) is 23.8. The lowest BCUT2D eigenvalue weighted by atomic mass is 9.99. The van der Waals surface area contributed by atoms with Gasteiger partial charge in [-0.25, -0.2) is 17.2 Å². The Morgan fingerprint density at radius 3 is 2.24 bits per heavy atom. The minimum Gasteiger partial charge on any atom is -0.284 e. The van der Waals surface area contributed by atoms with Gasteiger partial charge in [0, 0.05) is 12.1 Å². The molecule has 1 heterocycles. The van der Waals surface area contributed by atoms with Crippen LogP contribution in [0, 0.1) is 11.6 Å². The van der Waals surface area contributed by atoms with Gasteiger partial charge in [0.15, 0.2) is 0 Å². The molecule has 0 aromatic heterocycles. The normalized spacial score (nSPS) is 16.4. The van der Waals surface area contributed by atoms with Gasteiger partial charge < -0.3 is 0 Å². The number of nitrogens with one attached hydrogen (secondary N) is 1. The Kier molecular flexibility index (Phi) is 6.41.